The fourth-order valence-electron chi connectivity index (χ4n) is 1.93. The molecule has 0 saturated heterocycles. The van der Waals surface area contributed by atoms with Crippen LogP contribution in [0.25, 0.3) is 0 Å². The fraction of sp³-hybridized carbons (Fsp3) is 0.647. The van der Waals surface area contributed by atoms with Gasteiger partial charge in [-0.15, -0.1) is 0 Å². The molecule has 1 atom stereocenters. The molecule has 1 aromatic rings. The molecule has 0 spiro atoms. The van der Waals surface area contributed by atoms with E-state index in [9.17, 15) is 5.11 Å². The van der Waals surface area contributed by atoms with Gasteiger partial charge in [-0.3, -0.25) is 0 Å². The first kappa shape index (κ1) is 17.0. The maximum absolute atomic E-state index is 9.27. The van der Waals surface area contributed by atoms with Crippen molar-refractivity contribution >= 4 is 0 Å². The molecule has 0 aliphatic heterocycles. The Labute approximate surface area is 123 Å². The van der Waals surface area contributed by atoms with Crippen molar-refractivity contribution in [3.05, 3.63) is 29.8 Å². The van der Waals surface area contributed by atoms with Crippen LogP contribution in [0.4, 0.5) is 0 Å². The second-order valence-corrected chi connectivity index (χ2v) is 5.91. The predicted molar refractivity (Wildman–Crippen MR) is 84.4 cm³/mol. The van der Waals surface area contributed by atoms with Crippen LogP contribution in [0, 0.1) is 0 Å². The van der Waals surface area contributed by atoms with Gasteiger partial charge >= 0.3 is 0 Å². The number of rotatable bonds is 9. The molecule has 0 heterocycles. The lowest BCUT2D eigenvalue weighted by Crippen LogP contribution is -2.38. The minimum Gasteiger partial charge on any atom is -0.492 e. The van der Waals surface area contributed by atoms with Crippen molar-refractivity contribution in [2.75, 3.05) is 19.8 Å². The van der Waals surface area contributed by atoms with E-state index in [0.29, 0.717) is 6.61 Å². The maximum Gasteiger partial charge on any atom is 0.119 e. The SMILES string of the molecule is CCCNC(CO)COc1ccc(C(C)(C)CC)cc1. The Morgan fingerprint density at radius 1 is 1.20 bits per heavy atom. The molecule has 0 aliphatic carbocycles. The van der Waals surface area contributed by atoms with Crippen molar-refractivity contribution in [1.29, 1.82) is 0 Å². The Hall–Kier alpha value is -1.06. The van der Waals surface area contributed by atoms with Crippen LogP contribution in [-0.2, 0) is 5.41 Å². The summed E-state index contributed by atoms with van der Waals surface area (Å²) in [5.41, 5.74) is 1.53. The second-order valence-electron chi connectivity index (χ2n) is 5.91. The molecule has 0 bridgehead atoms. The van der Waals surface area contributed by atoms with Crippen LogP contribution in [0.5, 0.6) is 5.75 Å². The molecule has 0 amide bonds. The summed E-state index contributed by atoms with van der Waals surface area (Å²) in [6.07, 6.45) is 2.16. The summed E-state index contributed by atoms with van der Waals surface area (Å²) in [6, 6.07) is 8.29. The Kier molecular flexibility index (Phi) is 7.03. The zero-order valence-corrected chi connectivity index (χ0v) is 13.3. The van der Waals surface area contributed by atoms with Crippen molar-refractivity contribution in [3.8, 4) is 5.75 Å². The van der Waals surface area contributed by atoms with Crippen molar-refractivity contribution in [1.82, 2.24) is 5.32 Å². The smallest absolute Gasteiger partial charge is 0.119 e. The Balaban J connectivity index is 2.53. The molecule has 20 heavy (non-hydrogen) atoms. The molecular weight excluding hydrogens is 250 g/mol. The summed E-state index contributed by atoms with van der Waals surface area (Å²) in [5, 5.41) is 12.5. The van der Waals surface area contributed by atoms with Gasteiger partial charge in [0, 0.05) is 0 Å². The van der Waals surface area contributed by atoms with Gasteiger partial charge in [0.1, 0.15) is 12.4 Å². The summed E-state index contributed by atoms with van der Waals surface area (Å²) in [7, 11) is 0. The van der Waals surface area contributed by atoms with Crippen LogP contribution < -0.4 is 10.1 Å². The number of nitrogens with one attached hydrogen (secondary N) is 1. The first-order valence-electron chi connectivity index (χ1n) is 7.61. The molecule has 0 radical (unpaired) electrons. The zero-order valence-electron chi connectivity index (χ0n) is 13.3. The summed E-state index contributed by atoms with van der Waals surface area (Å²) in [6.45, 7) is 10.3. The van der Waals surface area contributed by atoms with Crippen molar-refractivity contribution in [3.63, 3.8) is 0 Å². The van der Waals surface area contributed by atoms with Crippen molar-refractivity contribution in [2.24, 2.45) is 0 Å². The quantitative estimate of drug-likeness (QED) is 0.730. The van der Waals surface area contributed by atoms with Crippen molar-refractivity contribution < 1.29 is 9.84 Å². The van der Waals surface area contributed by atoms with Gasteiger partial charge in [0.25, 0.3) is 0 Å². The van der Waals surface area contributed by atoms with E-state index in [2.05, 4.69) is 45.1 Å². The third-order valence-corrected chi connectivity index (χ3v) is 3.87. The van der Waals surface area contributed by atoms with Gasteiger partial charge in [-0.2, -0.15) is 0 Å². The van der Waals surface area contributed by atoms with Gasteiger partial charge < -0.3 is 15.2 Å². The number of hydrogen-bond donors (Lipinski definition) is 2. The van der Waals surface area contributed by atoms with Gasteiger partial charge in [0.15, 0.2) is 0 Å². The molecule has 1 rings (SSSR count). The number of benzene rings is 1. The molecule has 3 heteroatoms. The van der Waals surface area contributed by atoms with E-state index in [1.54, 1.807) is 0 Å². The van der Waals surface area contributed by atoms with Crippen molar-refractivity contribution in [2.45, 2.75) is 52.0 Å². The van der Waals surface area contributed by atoms with E-state index >= 15 is 0 Å². The highest BCUT2D eigenvalue weighted by Crippen LogP contribution is 2.27. The lowest BCUT2D eigenvalue weighted by atomic mass is 9.82. The van der Waals surface area contributed by atoms with Gasteiger partial charge in [-0.05, 0) is 42.5 Å². The number of aliphatic hydroxyl groups excluding tert-OH is 1. The summed E-state index contributed by atoms with van der Waals surface area (Å²) in [5.74, 6) is 0.859. The van der Waals surface area contributed by atoms with E-state index in [4.69, 9.17) is 4.74 Å². The molecule has 1 unspecified atom stereocenters. The highest BCUT2D eigenvalue weighted by atomic mass is 16.5. The van der Waals surface area contributed by atoms with Crippen LogP contribution in [0.2, 0.25) is 0 Å². The molecule has 0 fully saturated rings. The molecule has 114 valence electrons. The van der Waals surface area contributed by atoms with E-state index in [-0.39, 0.29) is 18.1 Å². The first-order chi connectivity index (χ1) is 9.53. The fourth-order valence-corrected chi connectivity index (χ4v) is 1.93. The lowest BCUT2D eigenvalue weighted by molar-refractivity contribution is 0.183. The van der Waals surface area contributed by atoms with Crippen LogP contribution in [0.15, 0.2) is 24.3 Å². The highest BCUT2D eigenvalue weighted by molar-refractivity contribution is 5.31. The van der Waals surface area contributed by atoms with E-state index < -0.39 is 0 Å². The molecule has 0 aliphatic rings. The molecule has 3 nitrogen and oxygen atoms in total. The van der Waals surface area contributed by atoms with E-state index in [0.717, 1.165) is 25.1 Å². The second kappa shape index (κ2) is 8.28. The minimum absolute atomic E-state index is 0.00158. The predicted octanol–water partition coefficient (Wildman–Crippen LogP) is 3.11. The minimum atomic E-state index is 0.00158. The summed E-state index contributed by atoms with van der Waals surface area (Å²) < 4.78 is 5.73. The maximum atomic E-state index is 9.27. The van der Waals surface area contributed by atoms with Crippen LogP contribution >= 0.6 is 0 Å². The number of ether oxygens (including phenoxy) is 1. The topological polar surface area (TPSA) is 41.5 Å². The van der Waals surface area contributed by atoms with Crippen LogP contribution in [0.3, 0.4) is 0 Å². The lowest BCUT2D eigenvalue weighted by Gasteiger charge is -2.23. The zero-order chi connectivity index (χ0) is 15.0. The molecule has 1 aromatic carbocycles. The van der Waals surface area contributed by atoms with E-state index in [1.165, 1.54) is 5.56 Å². The average molecular weight is 279 g/mol. The Morgan fingerprint density at radius 2 is 1.85 bits per heavy atom. The normalized spacial score (nSPS) is 13.2. The summed E-state index contributed by atoms with van der Waals surface area (Å²) in [4.78, 5) is 0. The number of hydrogen-bond acceptors (Lipinski definition) is 3. The molecule has 0 saturated carbocycles. The van der Waals surface area contributed by atoms with Gasteiger partial charge in [-0.1, -0.05) is 39.8 Å². The highest BCUT2D eigenvalue weighted by Gasteiger charge is 2.17. The Morgan fingerprint density at radius 3 is 2.35 bits per heavy atom. The summed E-state index contributed by atoms with van der Waals surface area (Å²) >= 11 is 0. The molecular formula is C17H29NO2. The Bertz CT molecular complexity index is 373. The van der Waals surface area contributed by atoms with Gasteiger partial charge in [0.2, 0.25) is 0 Å². The van der Waals surface area contributed by atoms with Crippen LogP contribution in [0.1, 0.15) is 46.1 Å². The average Bonchev–Trinajstić information content (AvgIpc) is 2.48. The third-order valence-electron chi connectivity index (χ3n) is 3.87. The monoisotopic (exact) mass is 279 g/mol. The largest absolute Gasteiger partial charge is 0.492 e. The third kappa shape index (κ3) is 5.14. The standard InChI is InChI=1S/C17H29NO2/c1-5-11-18-15(12-19)13-20-16-9-7-14(8-10-16)17(3,4)6-2/h7-10,15,18-19H,5-6,11-13H2,1-4H3. The molecule has 0 aromatic heterocycles. The first-order valence-corrected chi connectivity index (χ1v) is 7.61. The van der Waals surface area contributed by atoms with Gasteiger partial charge in [0.05, 0.1) is 12.6 Å². The van der Waals surface area contributed by atoms with Gasteiger partial charge in [-0.25, -0.2) is 0 Å². The van der Waals surface area contributed by atoms with E-state index in [1.807, 2.05) is 12.1 Å². The molecule has 2 N–H and O–H groups in total. The number of aliphatic hydroxyl groups is 1. The van der Waals surface area contributed by atoms with Crippen LogP contribution in [-0.4, -0.2) is 30.9 Å².